The summed E-state index contributed by atoms with van der Waals surface area (Å²) in [5.74, 6) is -1.45. The van der Waals surface area contributed by atoms with E-state index in [0.717, 1.165) is 20.3 Å². The third-order valence-corrected chi connectivity index (χ3v) is 0.900. The third-order valence-electron chi connectivity index (χ3n) is 0.900. The maximum absolute atomic E-state index is 10.6. The second-order valence-electron chi connectivity index (χ2n) is 1.79. The van der Waals surface area contributed by atoms with Crippen LogP contribution in [0.15, 0.2) is 11.8 Å². The van der Waals surface area contributed by atoms with Gasteiger partial charge in [0.25, 0.3) is 0 Å². The lowest BCUT2D eigenvalue weighted by atomic mass is 10.3. The van der Waals surface area contributed by atoms with Gasteiger partial charge in [-0.3, -0.25) is 9.59 Å². The first-order valence-corrected chi connectivity index (χ1v) is 3.02. The number of rotatable bonds is 3. The van der Waals surface area contributed by atoms with Crippen LogP contribution in [0.2, 0.25) is 0 Å². The summed E-state index contributed by atoms with van der Waals surface area (Å²) in [4.78, 5) is 31.0. The van der Waals surface area contributed by atoms with Crippen molar-refractivity contribution in [2.24, 2.45) is 0 Å². The van der Waals surface area contributed by atoms with E-state index in [9.17, 15) is 14.4 Å². The van der Waals surface area contributed by atoms with E-state index in [1.54, 1.807) is 0 Å². The highest BCUT2D eigenvalue weighted by Gasteiger charge is 2.08. The maximum Gasteiger partial charge on any atom is 0.344 e. The molecule has 0 aromatic carbocycles. The Balaban J connectivity index is 4.33. The summed E-state index contributed by atoms with van der Waals surface area (Å²) in [5.41, 5.74) is -0.340. The third kappa shape index (κ3) is 3.50. The van der Waals surface area contributed by atoms with Crippen molar-refractivity contribution in [2.75, 3.05) is 7.11 Å². The Morgan fingerprint density at radius 1 is 1.33 bits per heavy atom. The van der Waals surface area contributed by atoms with Gasteiger partial charge in [0.15, 0.2) is 6.29 Å². The van der Waals surface area contributed by atoms with Crippen LogP contribution in [0.25, 0.3) is 0 Å². The predicted molar refractivity (Wildman–Crippen MR) is 37.9 cm³/mol. The molecule has 0 aromatic heterocycles. The normalized spacial score (nSPS) is 10.3. The second kappa shape index (κ2) is 5.06. The molecule has 0 aliphatic heterocycles. The number of esters is 2. The van der Waals surface area contributed by atoms with E-state index < -0.39 is 11.9 Å². The van der Waals surface area contributed by atoms with Crippen molar-refractivity contribution in [1.29, 1.82) is 0 Å². The Kier molecular flexibility index (Phi) is 4.36. The van der Waals surface area contributed by atoms with Crippen LogP contribution in [-0.4, -0.2) is 25.3 Å². The van der Waals surface area contributed by atoms with E-state index in [4.69, 9.17) is 0 Å². The minimum absolute atomic E-state index is 0.245. The minimum Gasteiger partial charge on any atom is -0.465 e. The molecular weight excluding hydrogens is 164 g/mol. The van der Waals surface area contributed by atoms with Crippen molar-refractivity contribution >= 4 is 18.2 Å². The highest BCUT2D eigenvalue weighted by molar-refractivity contribution is 6.07. The highest BCUT2D eigenvalue weighted by atomic mass is 16.5. The van der Waals surface area contributed by atoms with Crippen LogP contribution in [0.4, 0.5) is 0 Å². The molecule has 0 heterocycles. The fourth-order valence-corrected chi connectivity index (χ4v) is 0.388. The average molecular weight is 172 g/mol. The number of carbonyl (C=O) groups excluding carboxylic acids is 3. The minimum atomic E-state index is -0.841. The average Bonchev–Trinajstić information content (AvgIpc) is 2.04. The molecule has 0 atom stereocenters. The van der Waals surface area contributed by atoms with E-state index >= 15 is 0 Å². The first kappa shape index (κ1) is 10.3. The van der Waals surface area contributed by atoms with Gasteiger partial charge in [-0.05, 0) is 0 Å². The topological polar surface area (TPSA) is 69.7 Å². The number of hydrogen-bond acceptors (Lipinski definition) is 5. The quantitative estimate of drug-likeness (QED) is 0.147. The summed E-state index contributed by atoms with van der Waals surface area (Å²) in [5, 5.41) is 0. The molecule has 0 N–H and O–H groups in total. The molecular formula is C7H8O5. The van der Waals surface area contributed by atoms with E-state index in [-0.39, 0.29) is 11.9 Å². The van der Waals surface area contributed by atoms with Gasteiger partial charge in [0.1, 0.15) is 11.8 Å². The van der Waals surface area contributed by atoms with Gasteiger partial charge < -0.3 is 9.47 Å². The van der Waals surface area contributed by atoms with Crippen molar-refractivity contribution < 1.29 is 23.9 Å². The molecule has 0 fully saturated rings. The summed E-state index contributed by atoms with van der Waals surface area (Å²) >= 11 is 0. The van der Waals surface area contributed by atoms with E-state index in [1.165, 1.54) is 0 Å². The number of hydrogen-bond donors (Lipinski definition) is 0. The Hall–Kier alpha value is -1.65. The van der Waals surface area contributed by atoms with E-state index in [0.29, 0.717) is 0 Å². The molecule has 12 heavy (non-hydrogen) atoms. The molecule has 0 saturated heterocycles. The fourth-order valence-electron chi connectivity index (χ4n) is 0.388. The molecule has 0 amide bonds. The van der Waals surface area contributed by atoms with Crippen LogP contribution in [0, 0.1) is 0 Å². The summed E-state index contributed by atoms with van der Waals surface area (Å²) in [6.07, 6.45) is 0.996. The van der Waals surface area contributed by atoms with E-state index in [1.807, 2.05) is 0 Å². The standard InChI is InChI=1S/C7H8O5/c1-5(9)12-4-6(3-8)7(10)11-2/h3-4H,1-2H3. The summed E-state index contributed by atoms with van der Waals surface area (Å²) in [7, 11) is 1.12. The lowest BCUT2D eigenvalue weighted by Gasteiger charge is -1.96. The first-order chi connectivity index (χ1) is 5.61. The number of ether oxygens (including phenoxy) is 2. The Morgan fingerprint density at radius 2 is 1.92 bits per heavy atom. The Labute approximate surface area is 69.0 Å². The van der Waals surface area contributed by atoms with Crippen molar-refractivity contribution in [3.8, 4) is 0 Å². The molecule has 0 bridgehead atoms. The molecule has 0 spiro atoms. The zero-order valence-corrected chi connectivity index (χ0v) is 6.70. The van der Waals surface area contributed by atoms with Crippen LogP contribution in [-0.2, 0) is 23.9 Å². The fraction of sp³-hybridized carbons (Fsp3) is 0.286. The zero-order chi connectivity index (χ0) is 9.56. The van der Waals surface area contributed by atoms with Crippen molar-refractivity contribution in [3.05, 3.63) is 11.8 Å². The van der Waals surface area contributed by atoms with Gasteiger partial charge in [0, 0.05) is 6.92 Å². The van der Waals surface area contributed by atoms with E-state index in [2.05, 4.69) is 9.47 Å². The maximum atomic E-state index is 10.6. The lowest BCUT2D eigenvalue weighted by Crippen LogP contribution is -2.07. The zero-order valence-electron chi connectivity index (χ0n) is 6.70. The molecule has 0 radical (unpaired) electrons. The smallest absolute Gasteiger partial charge is 0.344 e. The van der Waals surface area contributed by atoms with Gasteiger partial charge in [0.05, 0.1) is 7.11 Å². The lowest BCUT2D eigenvalue weighted by molar-refractivity contribution is -0.137. The van der Waals surface area contributed by atoms with Crippen LogP contribution < -0.4 is 0 Å². The Bertz CT molecular complexity index is 228. The van der Waals surface area contributed by atoms with Crippen molar-refractivity contribution in [1.82, 2.24) is 0 Å². The molecule has 0 aliphatic carbocycles. The van der Waals surface area contributed by atoms with Gasteiger partial charge >= 0.3 is 11.9 Å². The summed E-state index contributed by atoms with van der Waals surface area (Å²) in [6, 6.07) is 0. The monoisotopic (exact) mass is 172 g/mol. The van der Waals surface area contributed by atoms with Crippen LogP contribution in [0.3, 0.4) is 0 Å². The molecule has 66 valence electrons. The second-order valence-corrected chi connectivity index (χ2v) is 1.79. The number of aldehydes is 1. The van der Waals surface area contributed by atoms with Gasteiger partial charge in [-0.2, -0.15) is 0 Å². The SMILES string of the molecule is COC(=O)C(C=O)=COC(C)=O. The van der Waals surface area contributed by atoms with Gasteiger partial charge in [-0.25, -0.2) is 4.79 Å². The summed E-state index contributed by atoms with van der Waals surface area (Å²) in [6.45, 7) is 1.15. The van der Waals surface area contributed by atoms with Crippen molar-refractivity contribution in [3.63, 3.8) is 0 Å². The summed E-state index contributed by atoms with van der Waals surface area (Å²) < 4.78 is 8.49. The predicted octanol–water partition coefficient (Wildman–Crippen LogP) is -0.195. The molecule has 5 nitrogen and oxygen atoms in total. The first-order valence-electron chi connectivity index (χ1n) is 3.02. The molecule has 0 rings (SSSR count). The molecule has 0 saturated carbocycles. The van der Waals surface area contributed by atoms with Gasteiger partial charge in [-0.15, -0.1) is 0 Å². The molecule has 0 aromatic rings. The van der Waals surface area contributed by atoms with Crippen molar-refractivity contribution in [2.45, 2.75) is 6.92 Å². The van der Waals surface area contributed by atoms with Gasteiger partial charge in [0.2, 0.25) is 0 Å². The van der Waals surface area contributed by atoms with Gasteiger partial charge in [-0.1, -0.05) is 0 Å². The number of methoxy groups -OCH3 is 1. The van der Waals surface area contributed by atoms with Crippen LogP contribution in [0.5, 0.6) is 0 Å². The highest BCUT2D eigenvalue weighted by Crippen LogP contribution is 1.93. The van der Waals surface area contributed by atoms with Crippen LogP contribution in [0.1, 0.15) is 6.92 Å². The largest absolute Gasteiger partial charge is 0.465 e. The molecule has 0 aliphatic rings. The molecule has 0 unspecified atom stereocenters. The van der Waals surface area contributed by atoms with Crippen LogP contribution >= 0.6 is 0 Å². The Morgan fingerprint density at radius 3 is 2.25 bits per heavy atom. The molecule has 5 heteroatoms. The number of carbonyl (C=O) groups is 3.